The van der Waals surface area contributed by atoms with Crippen LogP contribution in [0.25, 0.3) is 0 Å². The monoisotopic (exact) mass is 350 g/mol. The maximum Gasteiger partial charge on any atom is 0.195 e. The van der Waals surface area contributed by atoms with E-state index in [2.05, 4.69) is 11.8 Å². The van der Waals surface area contributed by atoms with Gasteiger partial charge in [-0.15, -0.1) is 0 Å². The van der Waals surface area contributed by atoms with Crippen LogP contribution in [0.15, 0.2) is 66.7 Å². The molecule has 0 aromatic heterocycles. The summed E-state index contributed by atoms with van der Waals surface area (Å²) in [6.45, 7) is 1.51. The minimum Gasteiger partial charge on any atom is -0.295 e. The summed E-state index contributed by atoms with van der Waals surface area (Å²) in [5.41, 5.74) is 3.46. The van der Waals surface area contributed by atoms with E-state index in [9.17, 15) is 14.4 Å². The van der Waals surface area contributed by atoms with Crippen molar-refractivity contribution in [3.63, 3.8) is 0 Å². The molecule has 4 rings (SSSR count). The molecule has 3 nitrogen and oxygen atoms in total. The molecule has 27 heavy (non-hydrogen) atoms. The molecule has 1 aliphatic rings. The third kappa shape index (κ3) is 2.88. The van der Waals surface area contributed by atoms with Crippen molar-refractivity contribution in [3.05, 3.63) is 106 Å². The molecule has 3 aromatic rings. The summed E-state index contributed by atoms with van der Waals surface area (Å²) in [6, 6.07) is 19.0. The van der Waals surface area contributed by atoms with E-state index in [0.717, 1.165) is 5.56 Å². The number of hydrogen-bond acceptors (Lipinski definition) is 3. The molecule has 0 spiro atoms. The lowest BCUT2D eigenvalue weighted by molar-refractivity contribution is 0.0979. The summed E-state index contributed by atoms with van der Waals surface area (Å²) in [5.74, 6) is 5.68. The van der Waals surface area contributed by atoms with E-state index >= 15 is 0 Å². The number of fused-ring (bicyclic) bond motifs is 2. The first-order chi connectivity index (χ1) is 13.1. The Morgan fingerprint density at radius 2 is 1.33 bits per heavy atom. The Hall–Kier alpha value is -3.77. The van der Waals surface area contributed by atoms with Crippen LogP contribution < -0.4 is 0 Å². The molecule has 0 fully saturated rings. The van der Waals surface area contributed by atoms with E-state index in [1.807, 2.05) is 0 Å². The number of hydrogen-bond donors (Lipinski definition) is 0. The summed E-state index contributed by atoms with van der Waals surface area (Å²) < 4.78 is 0. The third-order valence-electron chi connectivity index (χ3n) is 4.59. The van der Waals surface area contributed by atoms with Crippen molar-refractivity contribution in [1.29, 1.82) is 0 Å². The Morgan fingerprint density at radius 1 is 0.704 bits per heavy atom. The summed E-state index contributed by atoms with van der Waals surface area (Å²) in [6.07, 6.45) is 0. The fraction of sp³-hybridized carbons (Fsp3) is 0.0417. The number of carbonyl (C=O) groups is 3. The Balaban J connectivity index is 1.78. The maximum atomic E-state index is 12.9. The fourth-order valence-electron chi connectivity index (χ4n) is 3.18. The van der Waals surface area contributed by atoms with E-state index in [0.29, 0.717) is 33.4 Å². The molecule has 0 radical (unpaired) electrons. The number of benzene rings is 3. The summed E-state index contributed by atoms with van der Waals surface area (Å²) in [4.78, 5) is 37.1. The van der Waals surface area contributed by atoms with Gasteiger partial charge in [0.1, 0.15) is 0 Å². The van der Waals surface area contributed by atoms with Gasteiger partial charge in [-0.1, -0.05) is 60.4 Å². The van der Waals surface area contributed by atoms with Crippen molar-refractivity contribution in [2.75, 3.05) is 0 Å². The zero-order valence-electron chi connectivity index (χ0n) is 14.6. The average Bonchev–Trinajstić information content (AvgIpc) is 2.70. The van der Waals surface area contributed by atoms with E-state index in [4.69, 9.17) is 0 Å². The zero-order chi connectivity index (χ0) is 19.0. The van der Waals surface area contributed by atoms with Gasteiger partial charge in [0, 0.05) is 38.9 Å². The topological polar surface area (TPSA) is 51.2 Å². The van der Waals surface area contributed by atoms with Gasteiger partial charge in [-0.25, -0.2) is 0 Å². The smallest absolute Gasteiger partial charge is 0.195 e. The summed E-state index contributed by atoms with van der Waals surface area (Å²) >= 11 is 0. The van der Waals surface area contributed by atoms with Crippen molar-refractivity contribution in [2.24, 2.45) is 0 Å². The average molecular weight is 350 g/mol. The highest BCUT2D eigenvalue weighted by Crippen LogP contribution is 2.29. The predicted molar refractivity (Wildman–Crippen MR) is 102 cm³/mol. The van der Waals surface area contributed by atoms with Crippen molar-refractivity contribution < 1.29 is 14.4 Å². The van der Waals surface area contributed by atoms with Crippen molar-refractivity contribution in [3.8, 4) is 11.8 Å². The van der Waals surface area contributed by atoms with Crippen LogP contribution in [0.3, 0.4) is 0 Å². The van der Waals surface area contributed by atoms with Crippen molar-refractivity contribution in [2.45, 2.75) is 6.92 Å². The fourth-order valence-corrected chi connectivity index (χ4v) is 3.18. The molecule has 128 valence electrons. The van der Waals surface area contributed by atoms with Gasteiger partial charge in [-0.2, -0.15) is 0 Å². The standard InChI is InChI=1S/C24H14O3/c1-15(25)17-12-9-16(10-13-17)11-14-18-5-4-8-21-22(18)24(27)20-7-3-2-6-19(20)23(21)26/h2-10,12-13H,1H3. The van der Waals surface area contributed by atoms with Crippen molar-refractivity contribution in [1.82, 2.24) is 0 Å². The number of rotatable bonds is 1. The van der Waals surface area contributed by atoms with Crippen LogP contribution in [0.5, 0.6) is 0 Å². The second kappa shape index (κ2) is 6.51. The molecule has 1 aliphatic carbocycles. The molecular formula is C24H14O3. The highest BCUT2D eigenvalue weighted by Gasteiger charge is 2.30. The molecule has 0 bridgehead atoms. The molecule has 3 heteroatoms. The first-order valence-corrected chi connectivity index (χ1v) is 8.51. The first-order valence-electron chi connectivity index (χ1n) is 8.51. The van der Waals surface area contributed by atoms with Crippen LogP contribution in [0.4, 0.5) is 0 Å². The highest BCUT2D eigenvalue weighted by molar-refractivity contribution is 6.29. The molecule has 0 aliphatic heterocycles. The Bertz CT molecular complexity index is 1170. The van der Waals surface area contributed by atoms with Crippen LogP contribution in [0.1, 0.15) is 60.3 Å². The first kappa shape index (κ1) is 16.7. The minimum absolute atomic E-state index is 0.00517. The quantitative estimate of drug-likeness (QED) is 0.384. The largest absolute Gasteiger partial charge is 0.295 e. The lowest BCUT2D eigenvalue weighted by Crippen LogP contribution is -2.21. The molecule has 0 saturated carbocycles. The van der Waals surface area contributed by atoms with E-state index in [1.54, 1.807) is 66.7 Å². The van der Waals surface area contributed by atoms with Crippen LogP contribution >= 0.6 is 0 Å². The Kier molecular flexibility index (Phi) is 4.02. The number of Topliss-reactive ketones (excluding diaryl/α,β-unsaturated/α-hetero) is 1. The van der Waals surface area contributed by atoms with E-state index in [1.165, 1.54) is 6.92 Å². The van der Waals surface area contributed by atoms with Crippen LogP contribution in [-0.4, -0.2) is 17.3 Å². The highest BCUT2D eigenvalue weighted by atomic mass is 16.1. The number of ketones is 3. The second-order valence-corrected chi connectivity index (χ2v) is 6.32. The van der Waals surface area contributed by atoms with Gasteiger partial charge in [-0.05, 0) is 25.1 Å². The van der Waals surface area contributed by atoms with Gasteiger partial charge in [-0.3, -0.25) is 14.4 Å². The molecule has 3 aromatic carbocycles. The van der Waals surface area contributed by atoms with Crippen LogP contribution in [-0.2, 0) is 0 Å². The number of carbonyl (C=O) groups excluding carboxylic acids is 3. The molecular weight excluding hydrogens is 336 g/mol. The predicted octanol–water partition coefficient (Wildman–Crippen LogP) is 4.06. The van der Waals surface area contributed by atoms with Gasteiger partial charge >= 0.3 is 0 Å². The summed E-state index contributed by atoms with van der Waals surface area (Å²) in [7, 11) is 0. The van der Waals surface area contributed by atoms with Crippen LogP contribution in [0.2, 0.25) is 0 Å². The molecule has 0 N–H and O–H groups in total. The Labute approximate surface area is 156 Å². The van der Waals surface area contributed by atoms with E-state index < -0.39 is 0 Å². The minimum atomic E-state index is -0.183. The summed E-state index contributed by atoms with van der Waals surface area (Å²) in [5, 5.41) is 0. The molecule has 0 amide bonds. The second-order valence-electron chi connectivity index (χ2n) is 6.32. The third-order valence-corrected chi connectivity index (χ3v) is 4.59. The van der Waals surface area contributed by atoms with Gasteiger partial charge in [0.25, 0.3) is 0 Å². The van der Waals surface area contributed by atoms with E-state index in [-0.39, 0.29) is 17.3 Å². The van der Waals surface area contributed by atoms with Crippen LogP contribution in [0, 0.1) is 11.8 Å². The normalized spacial score (nSPS) is 11.9. The lowest BCUT2D eigenvalue weighted by Gasteiger charge is -2.18. The molecule has 0 saturated heterocycles. The maximum absolute atomic E-state index is 12.9. The lowest BCUT2D eigenvalue weighted by atomic mass is 9.82. The SMILES string of the molecule is CC(=O)c1ccc(C#Cc2cccc3c2C(=O)c2ccccc2C3=O)cc1. The Morgan fingerprint density at radius 3 is 2.00 bits per heavy atom. The van der Waals surface area contributed by atoms with Gasteiger partial charge in [0.2, 0.25) is 0 Å². The molecule has 0 unspecified atom stereocenters. The molecule has 0 heterocycles. The zero-order valence-corrected chi connectivity index (χ0v) is 14.6. The van der Waals surface area contributed by atoms with Gasteiger partial charge in [0.15, 0.2) is 17.3 Å². The van der Waals surface area contributed by atoms with Crippen molar-refractivity contribution >= 4 is 17.3 Å². The van der Waals surface area contributed by atoms with Gasteiger partial charge < -0.3 is 0 Å². The van der Waals surface area contributed by atoms with Gasteiger partial charge in [0.05, 0.1) is 0 Å². The molecule has 0 atom stereocenters.